The first-order valence-electron chi connectivity index (χ1n) is 5.70. The molecule has 2 rings (SSSR count). The third-order valence-electron chi connectivity index (χ3n) is 2.76. The molecule has 0 aliphatic rings. The van der Waals surface area contributed by atoms with Crippen molar-refractivity contribution < 1.29 is 13.2 Å². The fourth-order valence-electron chi connectivity index (χ4n) is 1.72. The molecule has 0 aliphatic carbocycles. The topological polar surface area (TPSA) is 38.0 Å². The van der Waals surface area contributed by atoms with Gasteiger partial charge in [-0.2, -0.15) is 0 Å². The molecule has 3 N–H and O–H groups in total. The maximum atomic E-state index is 13.8. The van der Waals surface area contributed by atoms with Crippen molar-refractivity contribution in [3.05, 3.63) is 58.9 Å². The van der Waals surface area contributed by atoms with E-state index in [1.54, 1.807) is 0 Å². The molecule has 6 heteroatoms. The Morgan fingerprint density at radius 3 is 2.40 bits per heavy atom. The lowest BCUT2D eigenvalue weighted by molar-refractivity contribution is 0.595. The van der Waals surface area contributed by atoms with E-state index in [4.69, 9.17) is 18.0 Å². The number of halogens is 3. The number of anilines is 2. The van der Waals surface area contributed by atoms with Gasteiger partial charge >= 0.3 is 0 Å². The van der Waals surface area contributed by atoms with Crippen molar-refractivity contribution in [2.24, 2.45) is 5.73 Å². The molecule has 0 unspecified atom stereocenters. The molecule has 2 aromatic rings. The first kappa shape index (κ1) is 14.3. The predicted molar refractivity (Wildman–Crippen MR) is 76.7 cm³/mol. The second kappa shape index (κ2) is 5.50. The highest BCUT2D eigenvalue weighted by atomic mass is 32.1. The number of aryl methyl sites for hydroxylation is 1. The molecule has 2 nitrogen and oxygen atoms in total. The van der Waals surface area contributed by atoms with Crippen LogP contribution in [0.1, 0.15) is 11.1 Å². The van der Waals surface area contributed by atoms with Crippen LogP contribution in [0.3, 0.4) is 0 Å². The molecule has 0 amide bonds. The first-order valence-corrected chi connectivity index (χ1v) is 6.11. The van der Waals surface area contributed by atoms with Gasteiger partial charge in [0.25, 0.3) is 0 Å². The van der Waals surface area contributed by atoms with E-state index in [-0.39, 0.29) is 21.8 Å². The number of hydrogen-bond acceptors (Lipinski definition) is 2. The summed E-state index contributed by atoms with van der Waals surface area (Å²) >= 11 is 4.81. The van der Waals surface area contributed by atoms with Crippen LogP contribution in [-0.4, -0.2) is 4.99 Å². The Bertz CT molecular complexity index is 686. The molecule has 0 heterocycles. The maximum Gasteiger partial charge on any atom is 0.147 e. The minimum absolute atomic E-state index is 0.0417. The van der Waals surface area contributed by atoms with Crippen molar-refractivity contribution in [2.75, 3.05) is 5.32 Å². The molecule has 0 aliphatic heterocycles. The van der Waals surface area contributed by atoms with Gasteiger partial charge in [0.2, 0.25) is 0 Å². The average molecular weight is 296 g/mol. The van der Waals surface area contributed by atoms with Crippen molar-refractivity contribution in [1.29, 1.82) is 0 Å². The zero-order valence-corrected chi connectivity index (χ0v) is 11.3. The predicted octanol–water partition coefficient (Wildman–Crippen LogP) is 3.79. The average Bonchev–Trinajstić information content (AvgIpc) is 2.37. The summed E-state index contributed by atoms with van der Waals surface area (Å²) in [5, 5.41) is 2.67. The van der Waals surface area contributed by atoms with Gasteiger partial charge in [-0.15, -0.1) is 0 Å². The zero-order chi connectivity index (χ0) is 14.9. The molecule has 104 valence electrons. The molecule has 2 aromatic carbocycles. The second-order valence-electron chi connectivity index (χ2n) is 4.26. The molecule has 0 bridgehead atoms. The minimum atomic E-state index is -0.623. The van der Waals surface area contributed by atoms with E-state index in [9.17, 15) is 13.2 Å². The molecule has 0 radical (unpaired) electrons. The van der Waals surface area contributed by atoms with Crippen LogP contribution in [0.5, 0.6) is 0 Å². The summed E-state index contributed by atoms with van der Waals surface area (Å²) in [5.41, 5.74) is 6.14. The maximum absolute atomic E-state index is 13.8. The summed E-state index contributed by atoms with van der Waals surface area (Å²) in [7, 11) is 0. The Labute approximate surface area is 119 Å². The third-order valence-corrected chi connectivity index (χ3v) is 2.98. The van der Waals surface area contributed by atoms with Gasteiger partial charge in [-0.05, 0) is 36.8 Å². The highest BCUT2D eigenvalue weighted by molar-refractivity contribution is 7.80. The van der Waals surface area contributed by atoms with Crippen LogP contribution in [0.15, 0.2) is 30.3 Å². The van der Waals surface area contributed by atoms with Crippen LogP contribution >= 0.6 is 12.2 Å². The molecule has 0 aromatic heterocycles. The Kier molecular flexibility index (Phi) is 3.94. The molecule has 0 saturated heterocycles. The number of thiocarbonyl (C=S) groups is 1. The van der Waals surface area contributed by atoms with Crippen molar-refractivity contribution >= 4 is 28.6 Å². The molecule has 0 fully saturated rings. The van der Waals surface area contributed by atoms with E-state index in [0.717, 1.165) is 18.2 Å². The van der Waals surface area contributed by atoms with Gasteiger partial charge < -0.3 is 11.1 Å². The summed E-state index contributed by atoms with van der Waals surface area (Å²) in [4.78, 5) is -0.0417. The van der Waals surface area contributed by atoms with Gasteiger partial charge in [-0.25, -0.2) is 13.2 Å². The van der Waals surface area contributed by atoms with E-state index >= 15 is 0 Å². The standard InChI is InChI=1S/C14H11F3N2S/c1-7-4-11(17)13(6-10(7)16)19-12-3-2-8(15)5-9(12)14(18)20/h2-6,19H,1H3,(H2,18,20). The summed E-state index contributed by atoms with van der Waals surface area (Å²) in [6, 6.07) is 5.76. The molecular weight excluding hydrogens is 285 g/mol. The SMILES string of the molecule is Cc1cc(F)c(Nc2ccc(F)cc2C(N)=S)cc1F. The van der Waals surface area contributed by atoms with Crippen molar-refractivity contribution in [2.45, 2.75) is 6.92 Å². The smallest absolute Gasteiger partial charge is 0.147 e. The van der Waals surface area contributed by atoms with Crippen LogP contribution in [0.25, 0.3) is 0 Å². The van der Waals surface area contributed by atoms with Gasteiger partial charge in [0.05, 0.1) is 5.69 Å². The van der Waals surface area contributed by atoms with E-state index in [1.807, 2.05) is 0 Å². The quantitative estimate of drug-likeness (QED) is 0.846. The number of benzene rings is 2. The van der Waals surface area contributed by atoms with Crippen LogP contribution in [-0.2, 0) is 0 Å². The van der Waals surface area contributed by atoms with E-state index in [0.29, 0.717) is 5.69 Å². The summed E-state index contributed by atoms with van der Waals surface area (Å²) in [6.07, 6.45) is 0. The molecular formula is C14H11F3N2S. The van der Waals surface area contributed by atoms with Crippen molar-refractivity contribution in [3.8, 4) is 0 Å². The van der Waals surface area contributed by atoms with Crippen LogP contribution < -0.4 is 11.1 Å². The lowest BCUT2D eigenvalue weighted by atomic mass is 10.1. The fraction of sp³-hybridized carbons (Fsp3) is 0.0714. The van der Waals surface area contributed by atoms with Crippen LogP contribution in [0, 0.1) is 24.4 Å². The number of nitrogens with one attached hydrogen (secondary N) is 1. The van der Waals surface area contributed by atoms with Crippen LogP contribution in [0.2, 0.25) is 0 Å². The van der Waals surface area contributed by atoms with Crippen molar-refractivity contribution in [3.63, 3.8) is 0 Å². The Hall–Kier alpha value is -2.08. The Balaban J connectivity index is 2.45. The molecule has 0 spiro atoms. The highest BCUT2D eigenvalue weighted by Gasteiger charge is 2.11. The lowest BCUT2D eigenvalue weighted by Crippen LogP contribution is -2.12. The minimum Gasteiger partial charge on any atom is -0.389 e. The van der Waals surface area contributed by atoms with Crippen LogP contribution in [0.4, 0.5) is 24.5 Å². The van der Waals surface area contributed by atoms with Gasteiger partial charge in [0, 0.05) is 17.3 Å². The van der Waals surface area contributed by atoms with E-state index < -0.39 is 17.5 Å². The van der Waals surface area contributed by atoms with Gasteiger partial charge in [0.1, 0.15) is 22.4 Å². The summed E-state index contributed by atoms with van der Waals surface area (Å²) in [6.45, 7) is 1.46. The second-order valence-corrected chi connectivity index (χ2v) is 4.70. The lowest BCUT2D eigenvalue weighted by Gasteiger charge is -2.13. The number of rotatable bonds is 3. The first-order chi connectivity index (χ1) is 9.38. The van der Waals surface area contributed by atoms with Gasteiger partial charge in [-0.3, -0.25) is 0 Å². The largest absolute Gasteiger partial charge is 0.389 e. The number of nitrogens with two attached hydrogens (primary N) is 1. The zero-order valence-electron chi connectivity index (χ0n) is 10.5. The highest BCUT2D eigenvalue weighted by Crippen LogP contribution is 2.26. The normalized spacial score (nSPS) is 10.4. The monoisotopic (exact) mass is 296 g/mol. The Morgan fingerprint density at radius 1 is 1.05 bits per heavy atom. The number of hydrogen-bond donors (Lipinski definition) is 2. The van der Waals surface area contributed by atoms with Gasteiger partial charge in [-0.1, -0.05) is 12.2 Å². The summed E-state index contributed by atoms with van der Waals surface area (Å²) < 4.78 is 40.4. The molecule has 0 atom stereocenters. The van der Waals surface area contributed by atoms with E-state index in [1.165, 1.54) is 19.1 Å². The van der Waals surface area contributed by atoms with E-state index in [2.05, 4.69) is 5.32 Å². The molecule has 20 heavy (non-hydrogen) atoms. The Morgan fingerprint density at radius 2 is 1.75 bits per heavy atom. The summed E-state index contributed by atoms with van der Waals surface area (Å²) in [5.74, 6) is -1.69. The third kappa shape index (κ3) is 2.91. The fourth-order valence-corrected chi connectivity index (χ4v) is 1.89. The molecule has 0 saturated carbocycles. The van der Waals surface area contributed by atoms with Gasteiger partial charge in [0.15, 0.2) is 0 Å². The van der Waals surface area contributed by atoms with Crippen molar-refractivity contribution in [1.82, 2.24) is 0 Å².